The van der Waals surface area contributed by atoms with E-state index in [4.69, 9.17) is 13.4 Å². The van der Waals surface area contributed by atoms with Gasteiger partial charge in [0.15, 0.2) is 8.32 Å². The molecule has 0 fully saturated rings. The van der Waals surface area contributed by atoms with Crippen molar-refractivity contribution in [3.05, 3.63) is 87.7 Å². The Morgan fingerprint density at radius 2 is 1.83 bits per heavy atom. The maximum atomic E-state index is 13.6. The summed E-state index contributed by atoms with van der Waals surface area (Å²) in [5.74, 6) is -0.0774. The summed E-state index contributed by atoms with van der Waals surface area (Å²) in [6, 6.07) is 13.2. The van der Waals surface area contributed by atoms with Crippen LogP contribution in [0.5, 0.6) is 5.75 Å². The molecular formula is C27H37N5O7SSi. The van der Waals surface area contributed by atoms with E-state index in [1.54, 1.807) is 6.20 Å². The topological polar surface area (TPSA) is 138 Å². The van der Waals surface area contributed by atoms with Gasteiger partial charge in [-0.2, -0.15) is 13.5 Å². The smallest absolute Gasteiger partial charge is 0.408 e. The fourth-order valence-corrected chi connectivity index (χ4v) is 6.27. The van der Waals surface area contributed by atoms with Crippen LogP contribution in [0.4, 0.5) is 5.69 Å². The number of rotatable bonds is 12. The van der Waals surface area contributed by atoms with Gasteiger partial charge in [-0.1, -0.05) is 51.1 Å². The third kappa shape index (κ3) is 7.39. The van der Waals surface area contributed by atoms with Crippen LogP contribution < -0.4 is 9.50 Å². The minimum Gasteiger partial charge on any atom is -0.415 e. The predicted octanol–water partition coefficient (Wildman–Crippen LogP) is 4.72. The highest BCUT2D eigenvalue weighted by molar-refractivity contribution is 7.84. The van der Waals surface area contributed by atoms with Gasteiger partial charge in [0, 0.05) is 30.8 Å². The largest absolute Gasteiger partial charge is 0.415 e. The zero-order valence-electron chi connectivity index (χ0n) is 23.9. The summed E-state index contributed by atoms with van der Waals surface area (Å²) in [7, 11) is -6.46. The van der Waals surface area contributed by atoms with Crippen molar-refractivity contribution in [3.8, 4) is 5.75 Å². The molecule has 1 atom stereocenters. The Hall–Kier alpha value is -3.14. The second-order valence-corrected chi connectivity index (χ2v) is 17.5. The number of nitro benzene ring substituents is 1. The molecular weight excluding hydrogens is 566 g/mol. The van der Waals surface area contributed by atoms with E-state index in [9.17, 15) is 18.5 Å². The molecule has 1 unspecified atom stereocenters. The number of fused-ring (bicyclic) bond motifs is 1. The molecule has 14 heteroatoms. The molecule has 0 bridgehead atoms. The van der Waals surface area contributed by atoms with Crippen LogP contribution in [-0.2, 0) is 39.3 Å². The van der Waals surface area contributed by atoms with Crippen molar-refractivity contribution < 1.29 is 26.8 Å². The van der Waals surface area contributed by atoms with Crippen LogP contribution in [0.2, 0.25) is 18.1 Å². The van der Waals surface area contributed by atoms with E-state index in [0.29, 0.717) is 25.3 Å². The Morgan fingerprint density at radius 1 is 1.15 bits per heavy atom. The third-order valence-corrected chi connectivity index (χ3v) is 13.2. The first-order chi connectivity index (χ1) is 19.3. The molecule has 41 heavy (non-hydrogen) atoms. The van der Waals surface area contributed by atoms with Crippen LogP contribution in [-0.4, -0.2) is 49.1 Å². The van der Waals surface area contributed by atoms with Crippen molar-refractivity contribution in [2.75, 3.05) is 13.2 Å². The summed E-state index contributed by atoms with van der Waals surface area (Å²) in [5, 5.41) is 18.9. The van der Waals surface area contributed by atoms with Crippen molar-refractivity contribution in [2.45, 2.75) is 64.6 Å². The number of hydrogen-bond donors (Lipinski definition) is 1. The lowest BCUT2D eigenvalue weighted by Crippen LogP contribution is -2.44. The Balaban J connectivity index is 1.58. The van der Waals surface area contributed by atoms with E-state index < -0.39 is 29.6 Å². The summed E-state index contributed by atoms with van der Waals surface area (Å²) in [5.41, 5.74) is 2.11. The van der Waals surface area contributed by atoms with Crippen LogP contribution >= 0.6 is 0 Å². The highest BCUT2D eigenvalue weighted by Gasteiger charge is 2.40. The summed E-state index contributed by atoms with van der Waals surface area (Å²) >= 11 is 0. The van der Waals surface area contributed by atoms with Crippen molar-refractivity contribution in [1.82, 2.24) is 19.6 Å². The summed E-state index contributed by atoms with van der Waals surface area (Å²) < 4.78 is 41.6. The molecule has 3 aromatic rings. The molecule has 2 heterocycles. The molecule has 0 aliphatic carbocycles. The Bertz CT molecular complexity index is 1440. The molecule has 0 amide bonds. The van der Waals surface area contributed by atoms with Crippen molar-refractivity contribution >= 4 is 24.3 Å². The van der Waals surface area contributed by atoms with Crippen molar-refractivity contribution in [3.63, 3.8) is 0 Å². The molecule has 0 saturated heterocycles. The van der Waals surface area contributed by atoms with Gasteiger partial charge in [0.2, 0.25) is 0 Å². The van der Waals surface area contributed by atoms with Crippen LogP contribution in [0, 0.1) is 10.1 Å². The molecule has 2 aromatic carbocycles. The molecule has 1 N–H and O–H groups in total. The first-order valence-corrected chi connectivity index (χ1v) is 17.6. The standard InChI is InChI=1S/C27H37N5O7SSi/c1-27(2,3)41(4,5)38-16-15-30-25-18-28-19-26(24(25)17-29-30)32(37-20-21-9-7-6-8-10-21)40(35,36)39-23-13-11-22(12-14-23)31(33)34/h6-14,17,26,28H,15-16,18-20H2,1-5H3. The molecule has 1 aliphatic rings. The first-order valence-electron chi connectivity index (χ1n) is 13.3. The van der Waals surface area contributed by atoms with Gasteiger partial charge < -0.3 is 13.9 Å². The normalized spacial score (nSPS) is 16.0. The summed E-state index contributed by atoms with van der Waals surface area (Å²) in [6.45, 7) is 12.7. The quantitative estimate of drug-likeness (QED) is 0.177. The van der Waals surface area contributed by atoms with Gasteiger partial charge in [-0.25, -0.2) is 0 Å². The van der Waals surface area contributed by atoms with E-state index in [2.05, 4.69) is 44.3 Å². The second kappa shape index (κ2) is 12.4. The molecule has 12 nitrogen and oxygen atoms in total. The average Bonchev–Trinajstić information content (AvgIpc) is 3.32. The zero-order valence-corrected chi connectivity index (χ0v) is 25.8. The number of non-ortho nitro benzene ring substituents is 1. The number of hydroxylamine groups is 1. The molecule has 0 radical (unpaired) electrons. The third-order valence-electron chi connectivity index (χ3n) is 7.47. The fourth-order valence-electron chi connectivity index (χ4n) is 4.12. The van der Waals surface area contributed by atoms with E-state index >= 15 is 0 Å². The van der Waals surface area contributed by atoms with Crippen LogP contribution in [0.15, 0.2) is 60.8 Å². The van der Waals surface area contributed by atoms with E-state index in [1.807, 2.05) is 35.0 Å². The SMILES string of the molecule is CC(C)(C)[Si](C)(C)OCCn1ncc2c1CNCC2N(OCc1ccccc1)S(=O)(=O)Oc1ccc([N+](=O)[O-])cc1. The highest BCUT2D eigenvalue weighted by Crippen LogP contribution is 2.37. The van der Waals surface area contributed by atoms with Gasteiger partial charge in [-0.05, 0) is 40.3 Å². The van der Waals surface area contributed by atoms with E-state index in [-0.39, 0.29) is 29.6 Å². The van der Waals surface area contributed by atoms with Gasteiger partial charge >= 0.3 is 10.3 Å². The van der Waals surface area contributed by atoms with Gasteiger partial charge in [0.1, 0.15) is 5.75 Å². The van der Waals surface area contributed by atoms with Gasteiger partial charge in [-0.3, -0.25) is 19.6 Å². The number of benzene rings is 2. The number of nitro groups is 1. The molecule has 4 rings (SSSR count). The molecule has 0 saturated carbocycles. The first kappa shape index (κ1) is 30.8. The van der Waals surface area contributed by atoms with Gasteiger partial charge in [0.25, 0.3) is 5.69 Å². The minimum absolute atomic E-state index is 0.0238. The average molecular weight is 604 g/mol. The highest BCUT2D eigenvalue weighted by atomic mass is 32.2. The minimum atomic E-state index is -4.52. The second-order valence-electron chi connectivity index (χ2n) is 11.3. The number of aromatic nitrogens is 2. The number of nitrogens with zero attached hydrogens (tertiary/aromatic N) is 4. The fraction of sp³-hybridized carbons (Fsp3) is 0.444. The number of hydrogen-bond acceptors (Lipinski definition) is 9. The van der Waals surface area contributed by atoms with Crippen LogP contribution in [0.3, 0.4) is 0 Å². The molecule has 1 aliphatic heterocycles. The Labute approximate surface area is 241 Å². The van der Waals surface area contributed by atoms with Crippen molar-refractivity contribution in [1.29, 1.82) is 0 Å². The predicted molar refractivity (Wildman–Crippen MR) is 156 cm³/mol. The lowest BCUT2D eigenvalue weighted by molar-refractivity contribution is -0.384. The summed E-state index contributed by atoms with van der Waals surface area (Å²) in [4.78, 5) is 16.3. The molecule has 0 spiro atoms. The van der Waals surface area contributed by atoms with Crippen LogP contribution in [0.1, 0.15) is 43.6 Å². The van der Waals surface area contributed by atoms with E-state index in [0.717, 1.165) is 15.7 Å². The Morgan fingerprint density at radius 3 is 2.46 bits per heavy atom. The van der Waals surface area contributed by atoms with Gasteiger partial charge in [0.05, 0.1) is 42.6 Å². The number of nitrogens with one attached hydrogen (secondary N) is 1. The lowest BCUT2D eigenvalue weighted by atomic mass is 10.1. The molecule has 1 aromatic heterocycles. The maximum Gasteiger partial charge on any atom is 0.408 e. The zero-order chi connectivity index (χ0) is 29.8. The Kier molecular flexibility index (Phi) is 9.31. The van der Waals surface area contributed by atoms with Gasteiger partial charge in [-0.15, -0.1) is 0 Å². The van der Waals surface area contributed by atoms with Crippen molar-refractivity contribution in [2.24, 2.45) is 0 Å². The van der Waals surface area contributed by atoms with Crippen LogP contribution in [0.25, 0.3) is 0 Å². The lowest BCUT2D eigenvalue weighted by Gasteiger charge is -2.36. The molecule has 222 valence electrons. The maximum absolute atomic E-state index is 13.6. The summed E-state index contributed by atoms with van der Waals surface area (Å²) in [6.07, 6.45) is 1.66. The monoisotopic (exact) mass is 603 g/mol. The van der Waals surface area contributed by atoms with E-state index in [1.165, 1.54) is 24.3 Å².